The van der Waals surface area contributed by atoms with Crippen LogP contribution < -0.4 is 5.32 Å². The van der Waals surface area contributed by atoms with E-state index in [1.54, 1.807) is 0 Å². The lowest BCUT2D eigenvalue weighted by Crippen LogP contribution is -2.52. The first-order valence-corrected chi connectivity index (χ1v) is 6.99. The molecule has 0 bridgehead atoms. The predicted octanol–water partition coefficient (Wildman–Crippen LogP) is 0.766. The van der Waals surface area contributed by atoms with E-state index < -0.39 is 0 Å². The third-order valence-electron chi connectivity index (χ3n) is 4.48. The van der Waals surface area contributed by atoms with E-state index in [9.17, 15) is 4.79 Å². The number of rotatable bonds is 2. The number of carbonyl (C=O) groups excluding carboxylic acids is 1. The van der Waals surface area contributed by atoms with Gasteiger partial charge in [-0.1, -0.05) is 6.42 Å². The summed E-state index contributed by atoms with van der Waals surface area (Å²) in [6, 6.07) is 0.516. The van der Waals surface area contributed by atoms with Gasteiger partial charge in [0.2, 0.25) is 0 Å². The molecule has 0 aromatic carbocycles. The average Bonchev–Trinajstić information content (AvgIpc) is 2.76. The molecule has 2 heterocycles. The van der Waals surface area contributed by atoms with Gasteiger partial charge in [0.25, 0.3) is 5.91 Å². The summed E-state index contributed by atoms with van der Waals surface area (Å²) in [5.41, 5.74) is 0. The Morgan fingerprint density at radius 1 is 1.24 bits per heavy atom. The van der Waals surface area contributed by atoms with E-state index in [4.69, 9.17) is 4.74 Å². The maximum absolute atomic E-state index is 12.4. The molecule has 1 saturated carbocycles. The minimum atomic E-state index is -0.232. The summed E-state index contributed by atoms with van der Waals surface area (Å²) in [5, 5.41) is 3.24. The second-order valence-electron chi connectivity index (χ2n) is 5.50. The van der Waals surface area contributed by atoms with Crippen LogP contribution in [0, 0.1) is 5.92 Å². The molecule has 3 rings (SSSR count). The van der Waals surface area contributed by atoms with E-state index in [1.165, 1.54) is 32.1 Å². The zero-order valence-electron chi connectivity index (χ0n) is 10.4. The number of carbonyl (C=O) groups is 1. The maximum atomic E-state index is 12.4. The Morgan fingerprint density at radius 2 is 2.12 bits per heavy atom. The smallest absolute Gasteiger partial charge is 0.253 e. The zero-order valence-corrected chi connectivity index (χ0v) is 10.4. The first-order chi connectivity index (χ1) is 8.36. The fourth-order valence-corrected chi connectivity index (χ4v) is 3.29. The molecule has 4 heteroatoms. The van der Waals surface area contributed by atoms with E-state index >= 15 is 0 Å². The molecule has 4 nitrogen and oxygen atoms in total. The van der Waals surface area contributed by atoms with Gasteiger partial charge in [-0.05, 0) is 31.6 Å². The minimum absolute atomic E-state index is 0.228. The van der Waals surface area contributed by atoms with Gasteiger partial charge in [0.15, 0.2) is 0 Å². The third kappa shape index (κ3) is 2.20. The van der Waals surface area contributed by atoms with Gasteiger partial charge < -0.3 is 15.0 Å². The molecule has 2 atom stereocenters. The van der Waals surface area contributed by atoms with Gasteiger partial charge in [0, 0.05) is 25.7 Å². The van der Waals surface area contributed by atoms with Gasteiger partial charge in [-0.15, -0.1) is 0 Å². The lowest BCUT2D eigenvalue weighted by atomic mass is 9.78. The quantitative estimate of drug-likeness (QED) is 0.772. The molecular weight excluding hydrogens is 216 g/mol. The van der Waals surface area contributed by atoms with Crippen molar-refractivity contribution in [2.45, 2.75) is 44.2 Å². The van der Waals surface area contributed by atoms with Gasteiger partial charge in [-0.25, -0.2) is 0 Å². The van der Waals surface area contributed by atoms with Crippen LogP contribution in [0.3, 0.4) is 0 Å². The molecule has 1 amide bonds. The number of hydrogen-bond acceptors (Lipinski definition) is 3. The van der Waals surface area contributed by atoms with Crippen molar-refractivity contribution in [2.75, 3.05) is 26.2 Å². The number of nitrogens with zero attached hydrogens (tertiary/aromatic N) is 1. The Kier molecular flexibility index (Phi) is 3.34. The summed E-state index contributed by atoms with van der Waals surface area (Å²) in [7, 11) is 0. The summed E-state index contributed by atoms with van der Waals surface area (Å²) in [6.45, 7) is 3.17. The van der Waals surface area contributed by atoms with E-state index in [-0.39, 0.29) is 12.0 Å². The van der Waals surface area contributed by atoms with Crippen LogP contribution in [0.5, 0.6) is 0 Å². The number of amides is 1. The maximum Gasteiger partial charge on any atom is 0.253 e. The topological polar surface area (TPSA) is 41.6 Å². The van der Waals surface area contributed by atoms with Gasteiger partial charge in [0.1, 0.15) is 6.10 Å². The number of hydrogen-bond donors (Lipinski definition) is 1. The van der Waals surface area contributed by atoms with Crippen molar-refractivity contribution in [1.82, 2.24) is 10.2 Å². The first kappa shape index (κ1) is 11.5. The molecule has 17 heavy (non-hydrogen) atoms. The van der Waals surface area contributed by atoms with Crippen molar-refractivity contribution in [3.63, 3.8) is 0 Å². The first-order valence-electron chi connectivity index (χ1n) is 6.99. The molecule has 1 aliphatic carbocycles. The molecule has 1 N–H and O–H groups in total. The van der Waals surface area contributed by atoms with Crippen molar-refractivity contribution in [3.05, 3.63) is 0 Å². The Morgan fingerprint density at radius 3 is 2.76 bits per heavy atom. The highest BCUT2D eigenvalue weighted by Crippen LogP contribution is 2.37. The van der Waals surface area contributed by atoms with E-state index in [2.05, 4.69) is 10.2 Å². The van der Waals surface area contributed by atoms with E-state index in [0.29, 0.717) is 19.2 Å². The zero-order chi connectivity index (χ0) is 11.7. The van der Waals surface area contributed by atoms with Gasteiger partial charge in [0.05, 0.1) is 6.61 Å². The summed E-state index contributed by atoms with van der Waals surface area (Å²) in [6.07, 6.45) is 6.13. The number of morpholine rings is 1. The van der Waals surface area contributed by atoms with Crippen LogP contribution in [0.4, 0.5) is 0 Å². The Labute approximate surface area is 103 Å². The normalized spacial score (nSPS) is 34.7. The number of ether oxygens (including phenoxy) is 1. The second-order valence-corrected chi connectivity index (χ2v) is 5.50. The molecule has 0 aromatic rings. The lowest BCUT2D eigenvalue weighted by Gasteiger charge is -2.38. The highest BCUT2D eigenvalue weighted by atomic mass is 16.5. The SMILES string of the molecule is O=C(C1CNCCO1)N1CCCC1C1CCC1. The summed E-state index contributed by atoms with van der Waals surface area (Å²) >= 11 is 0. The van der Waals surface area contributed by atoms with E-state index in [1.807, 2.05) is 0 Å². The molecule has 3 fully saturated rings. The van der Waals surface area contributed by atoms with Crippen molar-refractivity contribution in [1.29, 1.82) is 0 Å². The highest BCUT2D eigenvalue weighted by molar-refractivity contribution is 5.82. The van der Waals surface area contributed by atoms with E-state index in [0.717, 1.165) is 19.0 Å². The summed E-state index contributed by atoms with van der Waals surface area (Å²) < 4.78 is 5.58. The minimum Gasteiger partial charge on any atom is -0.366 e. The van der Waals surface area contributed by atoms with Crippen LogP contribution in [0.25, 0.3) is 0 Å². The molecule has 0 radical (unpaired) electrons. The van der Waals surface area contributed by atoms with Gasteiger partial charge in [-0.3, -0.25) is 4.79 Å². The number of nitrogens with one attached hydrogen (secondary N) is 1. The molecule has 2 saturated heterocycles. The van der Waals surface area contributed by atoms with Crippen molar-refractivity contribution in [2.24, 2.45) is 5.92 Å². The third-order valence-corrected chi connectivity index (χ3v) is 4.48. The highest BCUT2D eigenvalue weighted by Gasteiger charge is 2.39. The average molecular weight is 238 g/mol. The molecule has 96 valence electrons. The van der Waals surface area contributed by atoms with Crippen molar-refractivity contribution in [3.8, 4) is 0 Å². The fourth-order valence-electron chi connectivity index (χ4n) is 3.29. The van der Waals surface area contributed by atoms with Crippen molar-refractivity contribution >= 4 is 5.91 Å². The second kappa shape index (κ2) is 4.94. The standard InChI is InChI=1S/C13H22N2O2/c16-13(12-9-14-6-8-17-12)15-7-2-5-11(15)10-3-1-4-10/h10-12,14H,1-9H2. The largest absolute Gasteiger partial charge is 0.366 e. The Balaban J connectivity index is 1.62. The molecule has 0 aromatic heterocycles. The van der Waals surface area contributed by atoms with Crippen LogP contribution in [0.15, 0.2) is 0 Å². The van der Waals surface area contributed by atoms with Crippen LogP contribution in [-0.4, -0.2) is 49.2 Å². The fraction of sp³-hybridized carbons (Fsp3) is 0.923. The molecule has 2 unspecified atom stereocenters. The van der Waals surface area contributed by atoms with Crippen LogP contribution in [0.2, 0.25) is 0 Å². The number of likely N-dealkylation sites (tertiary alicyclic amines) is 1. The Bertz CT molecular complexity index is 285. The molecular formula is C13H22N2O2. The Hall–Kier alpha value is -0.610. The van der Waals surface area contributed by atoms with Gasteiger partial charge >= 0.3 is 0 Å². The molecule has 0 spiro atoms. The lowest BCUT2D eigenvalue weighted by molar-refractivity contribution is -0.147. The predicted molar refractivity (Wildman–Crippen MR) is 64.7 cm³/mol. The van der Waals surface area contributed by atoms with Crippen LogP contribution in [-0.2, 0) is 9.53 Å². The van der Waals surface area contributed by atoms with Crippen LogP contribution >= 0.6 is 0 Å². The summed E-state index contributed by atoms with van der Waals surface area (Å²) in [5.74, 6) is 1.00. The monoisotopic (exact) mass is 238 g/mol. The van der Waals surface area contributed by atoms with Crippen LogP contribution in [0.1, 0.15) is 32.1 Å². The van der Waals surface area contributed by atoms with Gasteiger partial charge in [-0.2, -0.15) is 0 Å². The summed E-state index contributed by atoms with van der Waals surface area (Å²) in [4.78, 5) is 14.5. The van der Waals surface area contributed by atoms with Crippen molar-refractivity contribution < 1.29 is 9.53 Å². The molecule has 3 aliphatic rings. The molecule has 2 aliphatic heterocycles.